The van der Waals surface area contributed by atoms with Crippen LogP contribution in [0.1, 0.15) is 66.6 Å². The molecule has 1 aromatic carbocycles. The molecule has 9 nitrogen and oxygen atoms in total. The molecule has 5 heterocycles. The van der Waals surface area contributed by atoms with Crippen molar-refractivity contribution in [1.82, 2.24) is 30.4 Å². The molecule has 6 rings (SSSR count). The van der Waals surface area contributed by atoms with Crippen LogP contribution in [0.5, 0.6) is 0 Å². The summed E-state index contributed by atoms with van der Waals surface area (Å²) in [5.41, 5.74) is 8.79. The van der Waals surface area contributed by atoms with Gasteiger partial charge in [-0.15, -0.1) is 0 Å². The van der Waals surface area contributed by atoms with E-state index in [0.717, 1.165) is 59.6 Å². The zero-order valence-electron chi connectivity index (χ0n) is 22.8. The fourth-order valence-electron chi connectivity index (χ4n) is 6.54. The van der Waals surface area contributed by atoms with Crippen molar-refractivity contribution in [3.05, 3.63) is 46.3 Å². The summed E-state index contributed by atoms with van der Waals surface area (Å²) in [6, 6.07) is 3.70. The van der Waals surface area contributed by atoms with Gasteiger partial charge in [0.25, 0.3) is 6.43 Å². The summed E-state index contributed by atoms with van der Waals surface area (Å²) in [5, 5.41) is 9.74. The van der Waals surface area contributed by atoms with E-state index in [4.69, 9.17) is 9.84 Å². The van der Waals surface area contributed by atoms with Crippen molar-refractivity contribution in [3.63, 3.8) is 0 Å². The van der Waals surface area contributed by atoms with Gasteiger partial charge in [0, 0.05) is 75.5 Å². The van der Waals surface area contributed by atoms with Crippen molar-refractivity contribution >= 4 is 23.1 Å². The standard InChI is InChI=1S/C28H37F2N7O2/c1-17-22(15-34(3)32-17)20-13-18-5-4-9-36(25(18)14-21(20)26(29)30)27-23-16-35(28(38)31-2)10-6-24(23)37(33-27)19-7-11-39-12-8-19/h13-15,17,19,26,32H,4-12,16H2,1-3H3,(H,31,38). The Morgan fingerprint density at radius 1 is 1.21 bits per heavy atom. The van der Waals surface area contributed by atoms with E-state index in [1.54, 1.807) is 18.0 Å². The smallest absolute Gasteiger partial charge is 0.317 e. The van der Waals surface area contributed by atoms with Gasteiger partial charge in [-0.3, -0.25) is 4.68 Å². The average Bonchev–Trinajstić information content (AvgIpc) is 3.50. The number of ether oxygens (including phenoxy) is 1. The van der Waals surface area contributed by atoms with E-state index < -0.39 is 6.43 Å². The number of urea groups is 1. The van der Waals surface area contributed by atoms with Crippen molar-refractivity contribution in [2.45, 2.75) is 64.1 Å². The average molecular weight is 542 g/mol. The molecule has 1 atom stereocenters. The molecule has 1 fully saturated rings. The maximum Gasteiger partial charge on any atom is 0.317 e. The van der Waals surface area contributed by atoms with Gasteiger partial charge in [0.1, 0.15) is 0 Å². The van der Waals surface area contributed by atoms with Gasteiger partial charge in [-0.05, 0) is 61.4 Å². The molecule has 2 N–H and O–H groups in total. The van der Waals surface area contributed by atoms with E-state index in [9.17, 15) is 13.6 Å². The number of aromatic nitrogens is 2. The Hall–Kier alpha value is -3.18. The van der Waals surface area contributed by atoms with Crippen molar-refractivity contribution in [2.75, 3.05) is 45.3 Å². The number of hydrogen-bond acceptors (Lipinski definition) is 6. The Kier molecular flexibility index (Phi) is 6.96. The van der Waals surface area contributed by atoms with Crippen molar-refractivity contribution in [2.24, 2.45) is 0 Å². The lowest BCUT2D eigenvalue weighted by Gasteiger charge is -2.33. The number of benzene rings is 1. The zero-order valence-corrected chi connectivity index (χ0v) is 22.8. The number of nitrogens with zero attached hydrogens (tertiary/aromatic N) is 5. The molecule has 1 aromatic heterocycles. The molecule has 4 aliphatic heterocycles. The summed E-state index contributed by atoms with van der Waals surface area (Å²) in [4.78, 5) is 16.5. The first-order chi connectivity index (χ1) is 18.9. The first-order valence-corrected chi connectivity index (χ1v) is 13.9. The Balaban J connectivity index is 1.45. The molecule has 0 saturated carbocycles. The van der Waals surface area contributed by atoms with Crippen molar-refractivity contribution in [1.29, 1.82) is 0 Å². The van der Waals surface area contributed by atoms with Gasteiger partial charge in [-0.2, -0.15) is 5.10 Å². The zero-order chi connectivity index (χ0) is 27.3. The number of halogens is 2. The third kappa shape index (κ3) is 4.65. The monoisotopic (exact) mass is 541 g/mol. The van der Waals surface area contributed by atoms with Crippen LogP contribution in [0.3, 0.4) is 0 Å². The first kappa shape index (κ1) is 26.1. The van der Waals surface area contributed by atoms with Crippen LogP contribution in [0.15, 0.2) is 18.3 Å². The summed E-state index contributed by atoms with van der Waals surface area (Å²) in [5.74, 6) is 0.786. The highest BCUT2D eigenvalue weighted by Gasteiger charge is 2.35. The highest BCUT2D eigenvalue weighted by molar-refractivity contribution is 5.79. The van der Waals surface area contributed by atoms with Crippen LogP contribution in [0.25, 0.3) is 5.57 Å². The third-order valence-corrected chi connectivity index (χ3v) is 8.47. The van der Waals surface area contributed by atoms with E-state index in [2.05, 4.69) is 20.3 Å². The number of hydrazine groups is 1. The largest absolute Gasteiger partial charge is 0.381 e. The predicted octanol–water partition coefficient (Wildman–Crippen LogP) is 4.13. The Morgan fingerprint density at radius 2 is 2.00 bits per heavy atom. The van der Waals surface area contributed by atoms with Gasteiger partial charge in [-0.1, -0.05) is 0 Å². The van der Waals surface area contributed by atoms with Gasteiger partial charge >= 0.3 is 6.03 Å². The van der Waals surface area contributed by atoms with E-state index in [0.29, 0.717) is 44.8 Å². The maximum atomic E-state index is 14.5. The van der Waals surface area contributed by atoms with Crippen LogP contribution >= 0.6 is 0 Å². The molecule has 0 bridgehead atoms. The maximum absolute atomic E-state index is 14.5. The highest BCUT2D eigenvalue weighted by Crippen LogP contribution is 2.43. The predicted molar refractivity (Wildman–Crippen MR) is 145 cm³/mol. The quantitative estimate of drug-likeness (QED) is 0.606. The number of fused-ring (bicyclic) bond motifs is 2. The van der Waals surface area contributed by atoms with E-state index in [1.807, 2.05) is 31.2 Å². The van der Waals surface area contributed by atoms with Crippen molar-refractivity contribution in [3.8, 4) is 0 Å². The summed E-state index contributed by atoms with van der Waals surface area (Å²) >= 11 is 0. The number of amides is 2. The van der Waals surface area contributed by atoms with Gasteiger partial charge in [0.15, 0.2) is 5.82 Å². The molecule has 0 spiro atoms. The number of alkyl halides is 2. The molecule has 210 valence electrons. The van der Waals surface area contributed by atoms with E-state index in [-0.39, 0.29) is 23.7 Å². The van der Waals surface area contributed by atoms with Crippen LogP contribution in [0.2, 0.25) is 0 Å². The summed E-state index contributed by atoms with van der Waals surface area (Å²) in [6.45, 7) is 5.14. The molecule has 0 radical (unpaired) electrons. The van der Waals surface area contributed by atoms with Crippen LogP contribution in [0.4, 0.5) is 25.1 Å². The number of carbonyl (C=O) groups is 1. The van der Waals surface area contributed by atoms with Gasteiger partial charge < -0.3 is 24.9 Å². The number of nitrogens with one attached hydrogen (secondary N) is 2. The minimum atomic E-state index is -2.61. The third-order valence-electron chi connectivity index (χ3n) is 8.47. The number of rotatable bonds is 4. The molecule has 11 heteroatoms. The van der Waals surface area contributed by atoms with Gasteiger partial charge in [0.05, 0.1) is 18.6 Å². The second-order valence-electron chi connectivity index (χ2n) is 10.9. The summed E-state index contributed by atoms with van der Waals surface area (Å²) < 4.78 is 36.8. The highest BCUT2D eigenvalue weighted by atomic mass is 19.3. The summed E-state index contributed by atoms with van der Waals surface area (Å²) in [7, 11) is 3.52. The molecule has 39 heavy (non-hydrogen) atoms. The molecule has 4 aliphatic rings. The molecule has 2 aromatic rings. The molecule has 1 unspecified atom stereocenters. The number of carbonyl (C=O) groups excluding carboxylic acids is 1. The number of aryl methyl sites for hydroxylation is 1. The minimum absolute atomic E-state index is 0.0422. The fourth-order valence-corrected chi connectivity index (χ4v) is 6.54. The second-order valence-corrected chi connectivity index (χ2v) is 10.9. The minimum Gasteiger partial charge on any atom is -0.381 e. The van der Waals surface area contributed by atoms with E-state index >= 15 is 0 Å². The number of hydrogen-bond donors (Lipinski definition) is 2. The lowest BCUT2D eigenvalue weighted by atomic mass is 9.90. The second kappa shape index (κ2) is 10.4. The van der Waals surface area contributed by atoms with Crippen LogP contribution in [0, 0.1) is 0 Å². The van der Waals surface area contributed by atoms with Gasteiger partial charge in [-0.25, -0.2) is 19.0 Å². The first-order valence-electron chi connectivity index (χ1n) is 13.9. The van der Waals surface area contributed by atoms with Crippen LogP contribution in [-0.4, -0.2) is 72.2 Å². The molecule has 1 saturated heterocycles. The molecular formula is C28H37F2N7O2. The van der Waals surface area contributed by atoms with Crippen molar-refractivity contribution < 1.29 is 18.3 Å². The Labute approximate surface area is 227 Å². The number of anilines is 2. The van der Waals surface area contributed by atoms with Crippen LogP contribution < -0.4 is 15.6 Å². The lowest BCUT2D eigenvalue weighted by Crippen LogP contribution is -2.42. The van der Waals surface area contributed by atoms with Crippen LogP contribution in [-0.2, 0) is 24.1 Å². The SMILES string of the molecule is CNC(=O)N1CCc2c(c(N3CCCc4cc(C5=CN(C)NC5C)c(C(F)F)cc43)nn2C2CCOCC2)C1. The molecular weight excluding hydrogens is 504 g/mol. The molecule has 0 aliphatic carbocycles. The normalized spacial score (nSPS) is 21.7. The van der Waals surface area contributed by atoms with E-state index in [1.165, 1.54) is 0 Å². The fraction of sp³-hybridized carbons (Fsp3) is 0.571. The topological polar surface area (TPSA) is 77.9 Å². The Morgan fingerprint density at radius 3 is 2.69 bits per heavy atom. The summed E-state index contributed by atoms with van der Waals surface area (Å²) in [6.07, 6.45) is 3.49. The van der Waals surface area contributed by atoms with Gasteiger partial charge in [0.2, 0.25) is 0 Å². The lowest BCUT2D eigenvalue weighted by molar-refractivity contribution is 0.0651. The Bertz CT molecular complexity index is 1290. The molecule has 2 amide bonds.